The molecule has 1 heteroatoms. The largest absolute Gasteiger partial charge is 0.216 e. The molecule has 10 heavy (non-hydrogen) atoms. The van der Waals surface area contributed by atoms with Crippen LogP contribution in [0.1, 0.15) is 13.9 Å². The summed E-state index contributed by atoms with van der Waals surface area (Å²) >= 11 is 1.30. The molecule has 0 N–H and O–H groups in total. The Morgan fingerprint density at radius 2 is 2.00 bits per heavy atom. The Morgan fingerprint density at radius 1 is 1.40 bits per heavy atom. The summed E-state index contributed by atoms with van der Waals surface area (Å²) in [6, 6.07) is 10.7. The van der Waals surface area contributed by atoms with Crippen molar-refractivity contribution in [1.29, 1.82) is 0 Å². The maximum absolute atomic E-state index is 2.30. The fraction of sp³-hybridized carbons (Fsp3) is 0.333. The van der Waals surface area contributed by atoms with Crippen molar-refractivity contribution in [2.45, 2.75) is 18.1 Å². The van der Waals surface area contributed by atoms with Crippen molar-refractivity contribution in [2.24, 2.45) is 0 Å². The molecule has 0 aliphatic heterocycles. The van der Waals surface area contributed by atoms with Crippen LogP contribution in [0.25, 0.3) is 0 Å². The van der Waals surface area contributed by atoms with Crippen molar-refractivity contribution in [3.05, 3.63) is 35.9 Å². The van der Waals surface area contributed by atoms with E-state index < -0.39 is 0 Å². The monoisotopic (exact) mass is 150 g/mol. The minimum Gasteiger partial charge on any atom is -0.0890 e. The molecular weight excluding hydrogens is 135 g/mol. The summed E-state index contributed by atoms with van der Waals surface area (Å²) in [5.41, 5.74) is 1.48. The van der Waals surface area contributed by atoms with Gasteiger partial charge < -0.3 is 0 Å². The van der Waals surface area contributed by atoms with Gasteiger partial charge in [0.15, 0.2) is 0 Å². The number of benzene rings is 1. The molecule has 54 valence electrons. The van der Waals surface area contributed by atoms with Gasteiger partial charge in [0, 0.05) is 1.43 Å². The molecule has 0 amide bonds. The first-order chi connectivity index (χ1) is 4.79. The Kier molecular flexibility index (Phi) is 2.99. The highest BCUT2D eigenvalue weighted by Gasteiger charge is 1.94. The van der Waals surface area contributed by atoms with Crippen LogP contribution in [-0.4, -0.2) is 16.3 Å². The molecule has 0 aliphatic rings. The van der Waals surface area contributed by atoms with Crippen LogP contribution in [0.5, 0.6) is 0 Å². The average molecular weight is 150 g/mol. The zero-order valence-corrected chi connectivity index (χ0v) is 8.67. The van der Waals surface area contributed by atoms with Crippen molar-refractivity contribution in [1.82, 2.24) is 0 Å². The Hall–Kier alpha value is -0.248. The summed E-state index contributed by atoms with van der Waals surface area (Å²) in [5, 5.41) is 0. The van der Waals surface area contributed by atoms with E-state index in [9.17, 15) is 0 Å². The lowest BCUT2D eigenvalue weighted by Crippen LogP contribution is -1.90. The molecule has 0 heterocycles. The van der Waals surface area contributed by atoms with Gasteiger partial charge in [-0.05, 0) is 12.0 Å². The Labute approximate surface area is 72.2 Å². The van der Waals surface area contributed by atoms with Gasteiger partial charge in [-0.15, -0.1) is 0 Å². The third-order valence-electron chi connectivity index (χ3n) is 1.49. The van der Waals surface area contributed by atoms with Gasteiger partial charge in [0.2, 0.25) is 16.3 Å². The van der Waals surface area contributed by atoms with E-state index in [1.807, 2.05) is 0 Å². The quantitative estimate of drug-likeness (QED) is 0.565. The van der Waals surface area contributed by atoms with Gasteiger partial charge in [-0.1, -0.05) is 42.0 Å². The van der Waals surface area contributed by atoms with Crippen LogP contribution in [0.3, 0.4) is 0 Å². The Bertz CT molecular complexity index is 184. The predicted molar refractivity (Wildman–Crippen MR) is 50.2 cm³/mol. The molecule has 0 aliphatic carbocycles. The third kappa shape index (κ3) is 2.56. The number of hydrogen-bond acceptors (Lipinski definition) is 0. The van der Waals surface area contributed by atoms with Gasteiger partial charge in [-0.3, -0.25) is 0 Å². The highest BCUT2D eigenvalue weighted by molar-refractivity contribution is 6.11. The Morgan fingerprint density at radius 3 is 2.50 bits per heavy atom. The normalized spacial score (nSPS) is 12.9. The van der Waals surface area contributed by atoms with Crippen molar-refractivity contribution in [2.75, 3.05) is 0 Å². The predicted octanol–water partition coefficient (Wildman–Crippen LogP) is 1.92. The maximum atomic E-state index is 2.30. The average Bonchev–Trinajstić information content (AvgIpc) is 1.88. The van der Waals surface area contributed by atoms with E-state index in [2.05, 4.69) is 37.3 Å². The van der Waals surface area contributed by atoms with Gasteiger partial charge in [0.25, 0.3) is 0 Å². The van der Waals surface area contributed by atoms with Gasteiger partial charge in [-0.25, -0.2) is 0 Å². The number of rotatable bonds is 2. The van der Waals surface area contributed by atoms with E-state index in [0.29, 0.717) is 0 Å². The fourth-order valence-electron chi connectivity index (χ4n) is 1.09. The molecular formula is C9H15Al. The van der Waals surface area contributed by atoms with Crippen LogP contribution in [0.15, 0.2) is 30.3 Å². The van der Waals surface area contributed by atoms with E-state index in [1.165, 1.54) is 28.3 Å². The van der Waals surface area contributed by atoms with E-state index in [1.54, 1.807) is 0 Å². The zero-order valence-electron chi connectivity index (χ0n) is 6.67. The molecule has 1 aromatic carbocycles. The second-order valence-corrected chi connectivity index (χ2v) is 5.05. The van der Waals surface area contributed by atoms with E-state index in [4.69, 9.17) is 0 Å². The lowest BCUT2D eigenvalue weighted by atomic mass is 10.1. The van der Waals surface area contributed by atoms with Crippen LogP contribution in [0.2, 0.25) is 4.78 Å². The Balaban J connectivity index is 0.000001000. The molecule has 0 saturated carbocycles. The van der Waals surface area contributed by atoms with Gasteiger partial charge in [0.1, 0.15) is 0 Å². The second kappa shape index (κ2) is 3.81. The molecule has 0 saturated heterocycles. The van der Waals surface area contributed by atoms with Crippen LogP contribution >= 0.6 is 0 Å². The van der Waals surface area contributed by atoms with Crippen molar-refractivity contribution in [3.8, 4) is 0 Å². The molecule has 0 fully saturated rings. The first-order valence-corrected chi connectivity index (χ1v) is 4.98. The molecule has 0 aromatic heterocycles. The molecule has 0 bridgehead atoms. The van der Waals surface area contributed by atoms with Crippen molar-refractivity contribution >= 4 is 16.3 Å². The second-order valence-electron chi connectivity index (χ2n) is 3.08. The first-order valence-electron chi connectivity index (χ1n) is 3.83. The first kappa shape index (κ1) is 7.86. The zero-order chi connectivity index (χ0) is 7.40. The topological polar surface area (TPSA) is 0 Å². The summed E-state index contributed by atoms with van der Waals surface area (Å²) in [4.78, 5) is 0. The SMILES string of the molecule is C[CH]([AlH2])Cc1ccccc1.[HH]. The van der Waals surface area contributed by atoms with Crippen LogP contribution < -0.4 is 0 Å². The minimum atomic E-state index is 0. The fourth-order valence-corrected chi connectivity index (χ4v) is 1.56. The van der Waals surface area contributed by atoms with E-state index in [-0.39, 0.29) is 1.43 Å². The minimum absolute atomic E-state index is 0. The lowest BCUT2D eigenvalue weighted by molar-refractivity contribution is 0.916. The molecule has 0 nitrogen and oxygen atoms in total. The molecule has 1 atom stereocenters. The third-order valence-corrected chi connectivity index (χ3v) is 1.90. The molecule has 1 rings (SSSR count). The maximum Gasteiger partial charge on any atom is 0.216 e. The highest BCUT2D eigenvalue weighted by atomic mass is 27.0. The van der Waals surface area contributed by atoms with Crippen LogP contribution in [-0.2, 0) is 6.42 Å². The standard InChI is InChI=1S/C9H11.Al.H2.2H/c1-2-6-9-7-4-3-5-8-9;;;;/h2-5,7-8H,6H2,1H3;;1H;;. The number of hydrogen-bond donors (Lipinski definition) is 0. The summed E-state index contributed by atoms with van der Waals surface area (Å²) in [6.45, 7) is 2.30. The van der Waals surface area contributed by atoms with Gasteiger partial charge >= 0.3 is 0 Å². The van der Waals surface area contributed by atoms with E-state index in [0.717, 1.165) is 4.78 Å². The summed E-state index contributed by atoms with van der Waals surface area (Å²) in [5.74, 6) is 0. The van der Waals surface area contributed by atoms with Crippen LogP contribution in [0, 0.1) is 0 Å². The summed E-state index contributed by atoms with van der Waals surface area (Å²) in [6.07, 6.45) is 1.26. The van der Waals surface area contributed by atoms with Gasteiger partial charge in [0.05, 0.1) is 0 Å². The van der Waals surface area contributed by atoms with Gasteiger partial charge in [-0.2, -0.15) is 0 Å². The summed E-state index contributed by atoms with van der Waals surface area (Å²) in [7, 11) is 0. The lowest BCUT2D eigenvalue weighted by Gasteiger charge is -2.02. The summed E-state index contributed by atoms with van der Waals surface area (Å²) < 4.78 is 0.905. The molecule has 1 unspecified atom stereocenters. The van der Waals surface area contributed by atoms with Crippen molar-refractivity contribution < 1.29 is 1.43 Å². The highest BCUT2D eigenvalue weighted by Crippen LogP contribution is 2.08. The van der Waals surface area contributed by atoms with E-state index >= 15 is 0 Å². The molecule has 0 spiro atoms. The van der Waals surface area contributed by atoms with Crippen molar-refractivity contribution in [3.63, 3.8) is 0 Å². The molecule has 0 radical (unpaired) electrons. The molecule has 1 aromatic rings. The smallest absolute Gasteiger partial charge is 0.0890 e. The van der Waals surface area contributed by atoms with Crippen LogP contribution in [0.4, 0.5) is 0 Å².